The molecule has 0 amide bonds. The predicted octanol–water partition coefficient (Wildman–Crippen LogP) is 5.47. The molecule has 3 aromatic carbocycles. The van der Waals surface area contributed by atoms with Crippen LogP contribution in [0.2, 0.25) is 0 Å². The average Bonchev–Trinajstić information content (AvgIpc) is 2.59. The van der Waals surface area contributed by atoms with Gasteiger partial charge in [0.25, 0.3) is 0 Å². The first-order chi connectivity index (χ1) is 12.3. The van der Waals surface area contributed by atoms with Crippen LogP contribution < -0.4 is 5.73 Å². The van der Waals surface area contributed by atoms with Gasteiger partial charge in [-0.1, -0.05) is 31.2 Å². The van der Waals surface area contributed by atoms with Gasteiger partial charge in [0.1, 0.15) is 11.6 Å². The third-order valence-corrected chi connectivity index (χ3v) is 5.03. The molecule has 0 fully saturated rings. The lowest BCUT2D eigenvalue weighted by atomic mass is 9.89. The first-order valence-corrected chi connectivity index (χ1v) is 8.78. The van der Waals surface area contributed by atoms with E-state index in [0.29, 0.717) is 0 Å². The van der Waals surface area contributed by atoms with E-state index in [1.54, 1.807) is 18.2 Å². The Balaban J connectivity index is 1.94. The number of hydrogen-bond donors (Lipinski definition) is 2. The summed E-state index contributed by atoms with van der Waals surface area (Å²) in [5, 5.41) is 10.3. The standard InChI is InChI=1S/C23H24FNO/c1-14-10-20(25)11-15(2)21(14)12-17-4-9-23(26)22(13-17)16(3)18-5-7-19(24)8-6-18/h4-11,13,16,26H,12,25H2,1-3H3. The van der Waals surface area contributed by atoms with Gasteiger partial charge < -0.3 is 10.8 Å². The Morgan fingerprint density at radius 1 is 0.962 bits per heavy atom. The molecule has 134 valence electrons. The quantitative estimate of drug-likeness (QED) is 0.613. The number of anilines is 1. The molecule has 0 spiro atoms. The summed E-state index contributed by atoms with van der Waals surface area (Å²) in [6.07, 6.45) is 0.779. The van der Waals surface area contributed by atoms with Gasteiger partial charge >= 0.3 is 0 Å². The van der Waals surface area contributed by atoms with E-state index in [0.717, 1.165) is 28.8 Å². The largest absolute Gasteiger partial charge is 0.508 e. The summed E-state index contributed by atoms with van der Waals surface area (Å²) in [5.41, 5.74) is 13.2. The van der Waals surface area contributed by atoms with Crippen molar-refractivity contribution >= 4 is 5.69 Å². The first-order valence-electron chi connectivity index (χ1n) is 8.78. The minimum absolute atomic E-state index is 0.0239. The van der Waals surface area contributed by atoms with E-state index < -0.39 is 0 Å². The molecule has 0 aromatic heterocycles. The number of nitrogen functional groups attached to an aromatic ring is 1. The van der Waals surface area contributed by atoms with Gasteiger partial charge in [-0.2, -0.15) is 0 Å². The van der Waals surface area contributed by atoms with Gasteiger partial charge in [0.05, 0.1) is 0 Å². The number of benzene rings is 3. The molecule has 2 nitrogen and oxygen atoms in total. The molecule has 3 N–H and O–H groups in total. The number of halogens is 1. The van der Waals surface area contributed by atoms with Crippen molar-refractivity contribution in [3.63, 3.8) is 0 Å². The number of hydrogen-bond acceptors (Lipinski definition) is 2. The fraction of sp³-hybridized carbons (Fsp3) is 0.217. The number of nitrogens with two attached hydrogens (primary N) is 1. The Morgan fingerprint density at radius 2 is 1.58 bits per heavy atom. The molecular weight excluding hydrogens is 325 g/mol. The maximum absolute atomic E-state index is 13.2. The van der Waals surface area contributed by atoms with Crippen molar-refractivity contribution in [1.29, 1.82) is 0 Å². The molecule has 1 unspecified atom stereocenters. The fourth-order valence-corrected chi connectivity index (χ4v) is 3.50. The van der Waals surface area contributed by atoms with Crippen molar-refractivity contribution in [2.24, 2.45) is 0 Å². The Hall–Kier alpha value is -2.81. The maximum atomic E-state index is 13.2. The molecule has 0 radical (unpaired) electrons. The molecule has 0 aliphatic rings. The molecule has 0 heterocycles. The van der Waals surface area contributed by atoms with Gasteiger partial charge in [0, 0.05) is 17.2 Å². The molecule has 0 aliphatic heterocycles. The molecule has 1 atom stereocenters. The number of rotatable bonds is 4. The van der Waals surface area contributed by atoms with Gasteiger partial charge in [-0.15, -0.1) is 0 Å². The fourth-order valence-electron chi connectivity index (χ4n) is 3.50. The van der Waals surface area contributed by atoms with E-state index in [1.807, 2.05) is 31.2 Å². The van der Waals surface area contributed by atoms with E-state index in [9.17, 15) is 9.50 Å². The van der Waals surface area contributed by atoms with Crippen LogP contribution in [0.25, 0.3) is 0 Å². The average molecular weight is 349 g/mol. The zero-order chi connectivity index (χ0) is 18.8. The normalized spacial score (nSPS) is 12.2. The van der Waals surface area contributed by atoms with E-state index in [4.69, 9.17) is 5.73 Å². The second-order valence-electron chi connectivity index (χ2n) is 6.98. The van der Waals surface area contributed by atoms with Crippen LogP contribution >= 0.6 is 0 Å². The van der Waals surface area contributed by atoms with Crippen LogP contribution in [0.15, 0.2) is 54.6 Å². The molecule has 0 bridgehead atoms. The summed E-state index contributed by atoms with van der Waals surface area (Å²) in [4.78, 5) is 0. The van der Waals surface area contributed by atoms with Gasteiger partial charge in [0.2, 0.25) is 0 Å². The zero-order valence-electron chi connectivity index (χ0n) is 15.4. The topological polar surface area (TPSA) is 46.2 Å². The Morgan fingerprint density at radius 3 is 2.19 bits per heavy atom. The lowest BCUT2D eigenvalue weighted by Gasteiger charge is -2.17. The lowest BCUT2D eigenvalue weighted by molar-refractivity contribution is 0.466. The summed E-state index contributed by atoms with van der Waals surface area (Å²) >= 11 is 0. The Kier molecular flexibility index (Phi) is 4.99. The number of aromatic hydroxyl groups is 1. The van der Waals surface area contributed by atoms with Crippen molar-refractivity contribution in [2.75, 3.05) is 5.73 Å². The zero-order valence-corrected chi connectivity index (χ0v) is 15.4. The summed E-state index contributed by atoms with van der Waals surface area (Å²) in [6, 6.07) is 16.1. The van der Waals surface area contributed by atoms with E-state index >= 15 is 0 Å². The highest BCUT2D eigenvalue weighted by molar-refractivity contribution is 5.51. The number of phenols is 1. The monoisotopic (exact) mass is 349 g/mol. The second-order valence-corrected chi connectivity index (χ2v) is 6.98. The molecule has 0 saturated carbocycles. The van der Waals surface area contributed by atoms with Crippen LogP contribution in [0.3, 0.4) is 0 Å². The highest BCUT2D eigenvalue weighted by Crippen LogP contribution is 2.33. The highest BCUT2D eigenvalue weighted by Gasteiger charge is 2.15. The summed E-state index contributed by atoms with van der Waals surface area (Å²) < 4.78 is 13.2. The van der Waals surface area contributed by atoms with Crippen LogP contribution in [0.5, 0.6) is 5.75 Å². The SMILES string of the molecule is Cc1cc(N)cc(C)c1Cc1ccc(O)c(C(C)c2ccc(F)cc2)c1. The Bertz CT molecular complexity index is 908. The van der Waals surface area contributed by atoms with Crippen LogP contribution in [-0.4, -0.2) is 5.11 Å². The van der Waals surface area contributed by atoms with Gasteiger partial charge in [-0.3, -0.25) is 0 Å². The molecule has 3 rings (SSSR count). The minimum atomic E-state index is -0.256. The summed E-state index contributed by atoms with van der Waals surface area (Å²) in [5.74, 6) is -0.0197. The predicted molar refractivity (Wildman–Crippen MR) is 105 cm³/mol. The lowest BCUT2D eigenvalue weighted by Crippen LogP contribution is -2.01. The van der Waals surface area contributed by atoms with Crippen LogP contribution in [0.4, 0.5) is 10.1 Å². The van der Waals surface area contributed by atoms with Crippen molar-refractivity contribution < 1.29 is 9.50 Å². The smallest absolute Gasteiger partial charge is 0.123 e. The van der Waals surface area contributed by atoms with Crippen molar-refractivity contribution in [2.45, 2.75) is 33.1 Å². The molecule has 0 aliphatic carbocycles. The third-order valence-electron chi connectivity index (χ3n) is 5.03. The molecule has 3 heteroatoms. The van der Waals surface area contributed by atoms with Gasteiger partial charge in [-0.05, 0) is 78.4 Å². The molecule has 26 heavy (non-hydrogen) atoms. The van der Waals surface area contributed by atoms with Crippen LogP contribution in [0, 0.1) is 19.7 Å². The molecule has 3 aromatic rings. The second kappa shape index (κ2) is 7.20. The molecular formula is C23H24FNO. The first kappa shape index (κ1) is 18.0. The van der Waals surface area contributed by atoms with E-state index in [1.165, 1.54) is 28.8 Å². The van der Waals surface area contributed by atoms with Crippen molar-refractivity contribution in [3.05, 3.63) is 93.8 Å². The van der Waals surface area contributed by atoms with Crippen molar-refractivity contribution in [3.8, 4) is 5.75 Å². The summed E-state index contributed by atoms with van der Waals surface area (Å²) in [6.45, 7) is 6.16. The minimum Gasteiger partial charge on any atom is -0.508 e. The number of phenolic OH excluding ortho intramolecular Hbond substituents is 1. The van der Waals surface area contributed by atoms with Gasteiger partial charge in [0.15, 0.2) is 0 Å². The van der Waals surface area contributed by atoms with Gasteiger partial charge in [-0.25, -0.2) is 4.39 Å². The van der Waals surface area contributed by atoms with E-state index in [-0.39, 0.29) is 17.5 Å². The number of aryl methyl sites for hydroxylation is 2. The summed E-state index contributed by atoms with van der Waals surface area (Å²) in [7, 11) is 0. The molecule has 0 saturated heterocycles. The third kappa shape index (κ3) is 3.72. The Labute approximate surface area is 154 Å². The maximum Gasteiger partial charge on any atom is 0.123 e. The van der Waals surface area contributed by atoms with Crippen molar-refractivity contribution in [1.82, 2.24) is 0 Å². The van der Waals surface area contributed by atoms with Crippen LogP contribution in [0.1, 0.15) is 46.2 Å². The van der Waals surface area contributed by atoms with Crippen LogP contribution in [-0.2, 0) is 6.42 Å². The highest BCUT2D eigenvalue weighted by atomic mass is 19.1. The van der Waals surface area contributed by atoms with E-state index in [2.05, 4.69) is 13.8 Å².